The number of fused-ring (bicyclic) bond motifs is 2. The van der Waals surface area contributed by atoms with Gasteiger partial charge in [0.1, 0.15) is 12.8 Å². The Balaban J connectivity index is 1.10. The van der Waals surface area contributed by atoms with Gasteiger partial charge in [-0.3, -0.25) is 4.98 Å². The summed E-state index contributed by atoms with van der Waals surface area (Å²) in [5.74, 6) is 0. The van der Waals surface area contributed by atoms with Crippen LogP contribution in [0.25, 0.3) is 10.9 Å². The van der Waals surface area contributed by atoms with Crippen LogP contribution in [0.3, 0.4) is 0 Å². The topological polar surface area (TPSA) is 102 Å². The first kappa shape index (κ1) is 31.7. The van der Waals surface area contributed by atoms with Crippen molar-refractivity contribution in [2.75, 3.05) is 25.0 Å². The minimum Gasteiger partial charge on any atom is -0.439 e. The van der Waals surface area contributed by atoms with Gasteiger partial charge in [0.2, 0.25) is 0 Å². The van der Waals surface area contributed by atoms with Crippen molar-refractivity contribution in [3.05, 3.63) is 89.4 Å². The smallest absolute Gasteiger partial charge is 0.410 e. The number of likely N-dealkylation sites (tertiary alicyclic amines) is 1. The summed E-state index contributed by atoms with van der Waals surface area (Å²) < 4.78 is 14.0. The van der Waals surface area contributed by atoms with Crippen LogP contribution in [0.2, 0.25) is 25.7 Å². The Morgan fingerprint density at radius 1 is 1.09 bits per heavy atom. The van der Waals surface area contributed by atoms with Crippen molar-refractivity contribution < 1.29 is 19.1 Å². The number of carbonyl (C=O) groups is 2. The average molecular weight is 641 g/mol. The van der Waals surface area contributed by atoms with Crippen molar-refractivity contribution in [2.45, 2.75) is 77.3 Å². The quantitative estimate of drug-likeness (QED) is 0.148. The second kappa shape index (κ2) is 13.6. The largest absolute Gasteiger partial charge is 0.439 e. The molecule has 10 nitrogen and oxygen atoms in total. The van der Waals surface area contributed by atoms with Crippen molar-refractivity contribution in [3.63, 3.8) is 0 Å². The number of pyridine rings is 1. The van der Waals surface area contributed by atoms with Gasteiger partial charge in [-0.1, -0.05) is 30.3 Å². The van der Waals surface area contributed by atoms with Gasteiger partial charge in [0, 0.05) is 62.2 Å². The Morgan fingerprint density at radius 3 is 2.63 bits per heavy atom. The van der Waals surface area contributed by atoms with Gasteiger partial charge in [-0.05, 0) is 60.7 Å². The monoisotopic (exact) mass is 640 g/mol. The number of nitrogens with one attached hydrogen (secondary N) is 1. The third-order valence-electron chi connectivity index (χ3n) is 8.83. The molecule has 0 radical (unpaired) electrons. The first-order valence-electron chi connectivity index (χ1n) is 16.2. The SMILES string of the molecule is Cc1cc(CC(OC(=O)N2CCC(N3Cc4ccccc4NC3=O)CC2)c2ccccn2)cc2cn(COCC[Si-](C)(C)C)nc12. The number of aryl methyl sites for hydroxylation is 1. The molecule has 6 rings (SSSR count). The maximum atomic E-state index is 13.5. The van der Waals surface area contributed by atoms with Crippen LogP contribution in [-0.4, -0.2) is 70.5 Å². The van der Waals surface area contributed by atoms with Crippen LogP contribution in [0.15, 0.2) is 67.0 Å². The molecular weight excluding hydrogens is 597 g/mol. The third-order valence-corrected chi connectivity index (χ3v) is 10.5. The highest BCUT2D eigenvalue weighted by atomic mass is 28.3. The number of hydrogen-bond donors (Lipinski definition) is 1. The van der Waals surface area contributed by atoms with E-state index >= 15 is 0 Å². The molecule has 243 valence electrons. The highest BCUT2D eigenvalue weighted by Crippen LogP contribution is 2.30. The van der Waals surface area contributed by atoms with E-state index in [4.69, 9.17) is 14.6 Å². The van der Waals surface area contributed by atoms with Gasteiger partial charge < -0.3 is 24.6 Å². The van der Waals surface area contributed by atoms with E-state index in [2.05, 4.69) is 49.0 Å². The Bertz CT molecular complexity index is 1680. The molecule has 46 heavy (non-hydrogen) atoms. The molecule has 1 atom stereocenters. The van der Waals surface area contributed by atoms with E-state index in [9.17, 15) is 9.59 Å². The molecule has 0 bridgehead atoms. The number of urea groups is 1. The normalized spacial score (nSPS) is 16.3. The summed E-state index contributed by atoms with van der Waals surface area (Å²) in [6.07, 6.45) is 4.72. The van der Waals surface area contributed by atoms with Crippen molar-refractivity contribution in [1.29, 1.82) is 0 Å². The lowest BCUT2D eigenvalue weighted by Gasteiger charge is -2.40. The second-order valence-electron chi connectivity index (χ2n) is 13.6. The number of ether oxygens (including phenoxy) is 2. The van der Waals surface area contributed by atoms with Crippen molar-refractivity contribution >= 4 is 36.8 Å². The number of rotatable bonds is 10. The minimum atomic E-state index is -1.15. The van der Waals surface area contributed by atoms with Gasteiger partial charge in [-0.25, -0.2) is 14.3 Å². The summed E-state index contributed by atoms with van der Waals surface area (Å²) >= 11 is 0. The van der Waals surface area contributed by atoms with Crippen LogP contribution in [0.5, 0.6) is 0 Å². The number of piperidine rings is 1. The summed E-state index contributed by atoms with van der Waals surface area (Å²) in [5, 5.41) is 8.79. The zero-order valence-electron chi connectivity index (χ0n) is 27.2. The van der Waals surface area contributed by atoms with Gasteiger partial charge in [-0.15, -0.1) is 14.1 Å². The van der Waals surface area contributed by atoms with Crippen molar-refractivity contribution in [2.24, 2.45) is 0 Å². The van der Waals surface area contributed by atoms with Gasteiger partial charge in [-0.2, -0.15) is 24.7 Å². The number of benzene rings is 2. The lowest BCUT2D eigenvalue weighted by molar-refractivity contribution is 0.0463. The Labute approximate surface area is 271 Å². The zero-order chi connectivity index (χ0) is 32.3. The van der Waals surface area contributed by atoms with E-state index in [1.165, 1.54) is 0 Å². The van der Waals surface area contributed by atoms with Gasteiger partial charge in [0.25, 0.3) is 0 Å². The number of para-hydroxylation sites is 1. The Hall–Kier alpha value is -4.22. The predicted molar refractivity (Wildman–Crippen MR) is 181 cm³/mol. The molecule has 0 saturated carbocycles. The van der Waals surface area contributed by atoms with Crippen LogP contribution in [0.1, 0.15) is 41.3 Å². The maximum Gasteiger partial charge on any atom is 0.410 e. The van der Waals surface area contributed by atoms with E-state index in [-0.39, 0.29) is 18.2 Å². The van der Waals surface area contributed by atoms with Gasteiger partial charge in [0.05, 0.1) is 11.2 Å². The lowest BCUT2D eigenvalue weighted by atomic mass is 10.0. The molecule has 2 aromatic heterocycles. The first-order valence-corrected chi connectivity index (χ1v) is 19.9. The number of amides is 3. The summed E-state index contributed by atoms with van der Waals surface area (Å²) in [7, 11) is -1.15. The molecule has 11 heteroatoms. The molecule has 0 aliphatic carbocycles. The summed E-state index contributed by atoms with van der Waals surface area (Å²) in [6, 6.07) is 18.9. The number of nitrogens with zero attached hydrogens (tertiary/aromatic N) is 5. The first-order chi connectivity index (χ1) is 22.1. The van der Waals surface area contributed by atoms with Crippen molar-refractivity contribution in [3.8, 4) is 0 Å². The molecule has 1 saturated heterocycles. The molecule has 1 fully saturated rings. The number of hydrogen-bond acceptors (Lipinski definition) is 6. The molecule has 2 aliphatic rings. The second-order valence-corrected chi connectivity index (χ2v) is 19.3. The van der Waals surface area contributed by atoms with Crippen LogP contribution in [0, 0.1) is 6.92 Å². The predicted octanol–water partition coefficient (Wildman–Crippen LogP) is 6.98. The Morgan fingerprint density at radius 2 is 1.87 bits per heavy atom. The highest BCUT2D eigenvalue weighted by Gasteiger charge is 2.34. The van der Waals surface area contributed by atoms with E-state index in [1.807, 2.05) is 58.2 Å². The van der Waals surface area contributed by atoms with E-state index in [0.29, 0.717) is 51.3 Å². The maximum absolute atomic E-state index is 13.5. The van der Waals surface area contributed by atoms with Crippen LogP contribution in [0.4, 0.5) is 15.3 Å². The van der Waals surface area contributed by atoms with Crippen LogP contribution < -0.4 is 5.32 Å². The summed E-state index contributed by atoms with van der Waals surface area (Å²) in [5.41, 5.74) is 5.73. The van der Waals surface area contributed by atoms with Crippen LogP contribution >= 0.6 is 0 Å². The molecule has 1 N–H and O–H groups in total. The summed E-state index contributed by atoms with van der Waals surface area (Å²) in [4.78, 5) is 34.5. The lowest BCUT2D eigenvalue weighted by Crippen LogP contribution is -2.51. The summed E-state index contributed by atoms with van der Waals surface area (Å²) in [6.45, 7) is 11.9. The van der Waals surface area contributed by atoms with E-state index < -0.39 is 14.2 Å². The molecular formula is C35H44N6O4Si-. The highest BCUT2D eigenvalue weighted by molar-refractivity contribution is 6.76. The fourth-order valence-corrected chi connectivity index (χ4v) is 6.97. The molecule has 4 heterocycles. The van der Waals surface area contributed by atoms with E-state index in [1.54, 1.807) is 11.1 Å². The number of aromatic nitrogens is 3. The standard InChI is InChI=1S/C35H44N6O4Si/c1-25-19-26(20-28-22-40(38-33(25)28)24-44-17-18-46(2,3)4)21-32(31-11-7-8-14-36-31)45-35(43)39-15-12-29(13-16-39)41-23-27-9-5-6-10-30(27)37-34(41)42/h5-11,14,19-20,22,29,32H,12-13,15-18,21,23-24H2,1-4H3,(H,37,42)/q-1. The zero-order valence-corrected chi connectivity index (χ0v) is 28.2. The fraction of sp³-hybridized carbons (Fsp3) is 0.429. The molecule has 2 aliphatic heterocycles. The molecule has 2 aromatic carbocycles. The molecule has 1 unspecified atom stereocenters. The van der Waals surface area contributed by atoms with Gasteiger partial charge in [0.15, 0.2) is 0 Å². The Kier molecular flexibility index (Phi) is 9.41. The molecule has 4 aromatic rings. The molecule has 0 spiro atoms. The van der Waals surface area contributed by atoms with Crippen molar-refractivity contribution in [1.82, 2.24) is 24.6 Å². The molecule has 3 amide bonds. The number of anilines is 1. The number of carbonyl (C=O) groups excluding carboxylic acids is 2. The van der Waals surface area contributed by atoms with E-state index in [0.717, 1.165) is 45.9 Å². The third kappa shape index (κ3) is 7.59. The van der Waals surface area contributed by atoms with Crippen LogP contribution in [-0.2, 0) is 29.2 Å². The average Bonchev–Trinajstić information content (AvgIpc) is 3.46. The minimum absolute atomic E-state index is 0.0605. The fourth-order valence-electron chi connectivity index (χ4n) is 6.22. The van der Waals surface area contributed by atoms with Gasteiger partial charge >= 0.3 is 12.1 Å².